The Bertz CT molecular complexity index is 1120. The first kappa shape index (κ1) is 23.3. The number of benzene rings is 1. The lowest BCUT2D eigenvalue weighted by Crippen LogP contribution is -2.69. The lowest BCUT2D eigenvalue weighted by Gasteiger charge is -2.65. The van der Waals surface area contributed by atoms with Crippen LogP contribution >= 0.6 is 0 Å². The number of hydrogen-bond donors (Lipinski definition) is 2. The summed E-state index contributed by atoms with van der Waals surface area (Å²) in [4.78, 5) is 38.4. The number of phenols is 1. The second-order valence-corrected chi connectivity index (χ2v) is 12.0. The van der Waals surface area contributed by atoms with Crippen LogP contribution in [-0.4, -0.2) is 45.6 Å². The van der Waals surface area contributed by atoms with Crippen LogP contribution in [0, 0.1) is 28.6 Å². The number of Topliss-reactive ketones (excluding diaryl/α,β-unsaturated/α-hetero) is 2. The monoisotopic (exact) mass is 470 g/mol. The van der Waals surface area contributed by atoms with Gasteiger partial charge in [-0.15, -0.1) is 0 Å². The molecule has 7 heteroatoms. The molecule has 2 aliphatic carbocycles. The van der Waals surface area contributed by atoms with Gasteiger partial charge in [0.1, 0.15) is 40.3 Å². The van der Waals surface area contributed by atoms with E-state index in [0.717, 1.165) is 11.1 Å². The third-order valence-electron chi connectivity index (χ3n) is 9.59. The number of carbonyl (C=O) groups excluding carboxylic acids is 3. The Kier molecular flexibility index (Phi) is 4.85. The molecule has 7 atom stereocenters. The van der Waals surface area contributed by atoms with Crippen LogP contribution in [0.25, 0.3) is 0 Å². The van der Waals surface area contributed by atoms with Crippen molar-refractivity contribution in [2.75, 3.05) is 0 Å². The minimum atomic E-state index is -0.961. The molecule has 0 amide bonds. The van der Waals surface area contributed by atoms with Gasteiger partial charge in [0.15, 0.2) is 0 Å². The van der Waals surface area contributed by atoms with Crippen molar-refractivity contribution >= 4 is 17.5 Å². The fourth-order valence-electron chi connectivity index (χ4n) is 7.83. The highest BCUT2D eigenvalue weighted by Gasteiger charge is 2.67. The molecule has 184 valence electrons. The first-order valence-electron chi connectivity index (χ1n) is 12.2. The average Bonchev–Trinajstić information content (AvgIpc) is 2.72. The van der Waals surface area contributed by atoms with Crippen LogP contribution in [0.5, 0.6) is 11.5 Å². The van der Waals surface area contributed by atoms with Crippen LogP contribution < -0.4 is 4.74 Å². The standard InChI is InChI=1S/C27H34O7/c1-12-7-15-14-8-20-26(5)11-16(13(2)28)23(31)25(3,4)19(26)10-21(30)27(20,6)34-18(14)9-17(29)22(15)24(32)33-12/h9,12,16,19-21,29-30H,7-8,10-11H2,1-6H3/t12-,16+,19-,20+,21-,26-,27+/m0/s1. The number of aliphatic hydroxyl groups is 1. The molecule has 0 spiro atoms. The molecule has 2 fully saturated rings. The molecule has 2 N–H and O–H groups in total. The predicted octanol–water partition coefficient (Wildman–Crippen LogP) is 3.39. The topological polar surface area (TPSA) is 110 Å². The molecule has 2 heterocycles. The molecule has 2 aliphatic heterocycles. The van der Waals surface area contributed by atoms with E-state index < -0.39 is 34.4 Å². The van der Waals surface area contributed by atoms with Gasteiger partial charge in [-0.1, -0.05) is 20.8 Å². The van der Waals surface area contributed by atoms with E-state index in [0.29, 0.717) is 31.4 Å². The van der Waals surface area contributed by atoms with E-state index in [1.54, 1.807) is 0 Å². The number of rotatable bonds is 1. The summed E-state index contributed by atoms with van der Waals surface area (Å²) >= 11 is 0. The summed E-state index contributed by atoms with van der Waals surface area (Å²) in [6.45, 7) is 11.1. The molecule has 5 rings (SSSR count). The SMILES string of the molecule is CC(=O)[C@H]1C[C@]2(C)[C@H]3Cc4c(cc(O)c5c4C[C@H](C)OC5=O)O[C@@]3(C)[C@@H](O)C[C@H]2C(C)(C)C1=O. The van der Waals surface area contributed by atoms with Crippen molar-refractivity contribution in [3.8, 4) is 11.5 Å². The van der Waals surface area contributed by atoms with Gasteiger partial charge in [-0.25, -0.2) is 4.79 Å². The Morgan fingerprint density at radius 2 is 1.76 bits per heavy atom. The number of aromatic hydroxyl groups is 1. The minimum Gasteiger partial charge on any atom is -0.507 e. The first-order valence-corrected chi connectivity index (χ1v) is 12.2. The smallest absolute Gasteiger partial charge is 0.342 e. The van der Waals surface area contributed by atoms with E-state index in [1.165, 1.54) is 13.0 Å². The van der Waals surface area contributed by atoms with Gasteiger partial charge in [0, 0.05) is 23.8 Å². The Morgan fingerprint density at radius 3 is 2.41 bits per heavy atom. The molecule has 4 aliphatic rings. The second-order valence-electron chi connectivity index (χ2n) is 12.0. The molecule has 0 saturated heterocycles. The van der Waals surface area contributed by atoms with Crippen LogP contribution in [-0.2, 0) is 27.2 Å². The van der Waals surface area contributed by atoms with Gasteiger partial charge >= 0.3 is 5.97 Å². The molecular weight excluding hydrogens is 436 g/mol. The van der Waals surface area contributed by atoms with Crippen molar-refractivity contribution < 1.29 is 34.1 Å². The van der Waals surface area contributed by atoms with E-state index in [4.69, 9.17) is 9.47 Å². The quantitative estimate of drug-likeness (QED) is 0.478. The lowest BCUT2D eigenvalue weighted by atomic mass is 9.42. The third kappa shape index (κ3) is 2.88. The van der Waals surface area contributed by atoms with E-state index in [-0.39, 0.29) is 40.8 Å². The first-order chi connectivity index (χ1) is 15.7. The molecule has 0 aromatic heterocycles. The summed E-state index contributed by atoms with van der Waals surface area (Å²) < 4.78 is 11.9. The summed E-state index contributed by atoms with van der Waals surface area (Å²) in [6.07, 6.45) is 0.641. The minimum absolute atomic E-state index is 0.0470. The summed E-state index contributed by atoms with van der Waals surface area (Å²) in [5, 5.41) is 22.0. The number of hydrogen-bond acceptors (Lipinski definition) is 7. The lowest BCUT2D eigenvalue weighted by molar-refractivity contribution is -0.217. The fraction of sp³-hybridized carbons (Fsp3) is 0.667. The Morgan fingerprint density at radius 1 is 1.09 bits per heavy atom. The number of ether oxygens (including phenoxy) is 2. The van der Waals surface area contributed by atoms with Crippen LogP contribution in [0.15, 0.2) is 6.07 Å². The summed E-state index contributed by atoms with van der Waals surface area (Å²) in [5.74, 6) is -1.42. The van der Waals surface area contributed by atoms with Gasteiger partial charge in [-0.3, -0.25) is 9.59 Å². The maximum atomic E-state index is 13.3. The highest BCUT2D eigenvalue weighted by atomic mass is 16.5. The van der Waals surface area contributed by atoms with Crippen LogP contribution in [0.2, 0.25) is 0 Å². The molecule has 0 unspecified atom stereocenters. The van der Waals surface area contributed by atoms with Crippen molar-refractivity contribution in [1.29, 1.82) is 0 Å². The van der Waals surface area contributed by atoms with Gasteiger partial charge < -0.3 is 19.7 Å². The van der Waals surface area contributed by atoms with E-state index in [2.05, 4.69) is 6.92 Å². The van der Waals surface area contributed by atoms with Gasteiger partial charge in [-0.2, -0.15) is 0 Å². The van der Waals surface area contributed by atoms with E-state index >= 15 is 0 Å². The van der Waals surface area contributed by atoms with Gasteiger partial charge in [-0.05, 0) is 62.5 Å². The Balaban J connectivity index is 1.68. The maximum absolute atomic E-state index is 13.3. The summed E-state index contributed by atoms with van der Waals surface area (Å²) in [6, 6.07) is 1.46. The van der Waals surface area contributed by atoms with Crippen molar-refractivity contribution in [1.82, 2.24) is 0 Å². The highest BCUT2D eigenvalue weighted by Crippen LogP contribution is 2.65. The van der Waals surface area contributed by atoms with Crippen LogP contribution in [0.4, 0.5) is 0 Å². The molecule has 34 heavy (non-hydrogen) atoms. The molecule has 7 nitrogen and oxygen atoms in total. The number of ketones is 2. The van der Waals surface area contributed by atoms with Gasteiger partial charge in [0.2, 0.25) is 0 Å². The predicted molar refractivity (Wildman–Crippen MR) is 123 cm³/mol. The molecule has 0 radical (unpaired) electrons. The number of carbonyl (C=O) groups is 3. The molecule has 1 aromatic rings. The largest absolute Gasteiger partial charge is 0.507 e. The normalized spacial score (nSPS) is 40.1. The summed E-state index contributed by atoms with van der Waals surface area (Å²) in [7, 11) is 0. The van der Waals surface area contributed by atoms with Crippen molar-refractivity contribution in [2.45, 2.75) is 85.0 Å². The number of phenolic OH excluding ortho intramolecular Hbond substituents is 1. The highest BCUT2D eigenvalue weighted by molar-refractivity contribution is 6.04. The fourth-order valence-corrected chi connectivity index (χ4v) is 7.83. The molecule has 0 bridgehead atoms. The summed E-state index contributed by atoms with van der Waals surface area (Å²) in [5.41, 5.74) is -0.415. The van der Waals surface area contributed by atoms with E-state index in [1.807, 2.05) is 27.7 Å². The van der Waals surface area contributed by atoms with Crippen LogP contribution in [0.1, 0.15) is 75.9 Å². The number of esters is 1. The zero-order valence-electron chi connectivity index (χ0n) is 20.7. The maximum Gasteiger partial charge on any atom is 0.342 e. The van der Waals surface area contributed by atoms with Gasteiger partial charge in [0.05, 0.1) is 12.0 Å². The zero-order chi connectivity index (χ0) is 25.0. The van der Waals surface area contributed by atoms with E-state index in [9.17, 15) is 24.6 Å². The number of aliphatic hydroxyl groups excluding tert-OH is 1. The average molecular weight is 471 g/mol. The Labute approximate surface area is 199 Å². The van der Waals surface area contributed by atoms with Crippen molar-refractivity contribution in [2.24, 2.45) is 28.6 Å². The zero-order valence-corrected chi connectivity index (χ0v) is 20.7. The van der Waals surface area contributed by atoms with Gasteiger partial charge in [0.25, 0.3) is 0 Å². The molecule has 1 aromatic carbocycles. The molecular formula is C27H34O7. The number of cyclic esters (lactones) is 1. The number of fused-ring (bicyclic) bond motifs is 6. The third-order valence-corrected chi connectivity index (χ3v) is 9.59. The van der Waals surface area contributed by atoms with Crippen molar-refractivity contribution in [3.05, 3.63) is 22.8 Å². The van der Waals surface area contributed by atoms with Crippen LogP contribution in [0.3, 0.4) is 0 Å². The van der Waals surface area contributed by atoms with Crippen molar-refractivity contribution in [3.63, 3.8) is 0 Å². The second kappa shape index (κ2) is 7.06. The molecule has 2 saturated carbocycles. The Hall–Kier alpha value is -2.41.